The van der Waals surface area contributed by atoms with Gasteiger partial charge >= 0.3 is 0 Å². The van der Waals surface area contributed by atoms with E-state index in [1.807, 2.05) is 146 Å². The molecule has 0 heterocycles. The van der Waals surface area contributed by atoms with Crippen LogP contribution in [0, 0.1) is 94.7 Å². The van der Waals surface area contributed by atoms with Crippen LogP contribution in [0.25, 0.3) is 11.1 Å². The lowest BCUT2D eigenvalue weighted by molar-refractivity contribution is 0.143. The fourth-order valence-corrected chi connectivity index (χ4v) is 9.29. The predicted molar refractivity (Wildman–Crippen MR) is 343 cm³/mol. The van der Waals surface area contributed by atoms with Crippen LogP contribution in [0.3, 0.4) is 0 Å². The van der Waals surface area contributed by atoms with Gasteiger partial charge in [-0.3, -0.25) is 0 Å². The van der Waals surface area contributed by atoms with Gasteiger partial charge in [-0.2, -0.15) is 0 Å². The third-order valence-corrected chi connectivity index (χ3v) is 12.7. The Morgan fingerprint density at radius 2 is 0.585 bits per heavy atom. The smallest absolute Gasteiger partial charge is 0.120 e. The molecule has 6 aromatic carbocycles. The van der Waals surface area contributed by atoms with E-state index in [0.717, 1.165) is 55.9 Å². The van der Waals surface area contributed by atoms with Crippen LogP contribution < -0.4 is 9.80 Å². The van der Waals surface area contributed by atoms with Gasteiger partial charge in [0.1, 0.15) is 11.2 Å². The molecule has 0 aromatic heterocycles. The first-order chi connectivity index (χ1) is 39.2. The van der Waals surface area contributed by atoms with Crippen molar-refractivity contribution in [3.05, 3.63) is 237 Å². The van der Waals surface area contributed by atoms with Crippen molar-refractivity contribution in [3.8, 4) is 94.7 Å². The summed E-state index contributed by atoms with van der Waals surface area (Å²) in [6.07, 6.45) is 0. The molecule has 0 spiro atoms. The highest BCUT2D eigenvalue weighted by molar-refractivity contribution is 5.90. The summed E-state index contributed by atoms with van der Waals surface area (Å²) in [6.45, 7) is 24.0. The minimum atomic E-state index is -1.40. The number of hydrogen-bond donors (Lipinski definition) is 2. The lowest BCUT2D eigenvalue weighted by Crippen LogP contribution is -2.36. The largest absolute Gasteiger partial charge is 0.378 e. The third kappa shape index (κ3) is 17.1. The molecular formula is C78H70N2O2. The minimum Gasteiger partial charge on any atom is -0.378 e. The second-order valence-electron chi connectivity index (χ2n) is 21.9. The molecule has 0 aliphatic heterocycles. The summed E-state index contributed by atoms with van der Waals surface area (Å²) in [5.41, 5.74) is 8.25. The first kappa shape index (κ1) is 59.9. The van der Waals surface area contributed by atoms with E-state index in [4.69, 9.17) is 0 Å². The fraction of sp³-hybridized carbons (Fsp3) is 0.231. The van der Waals surface area contributed by atoms with Gasteiger partial charge in [-0.05, 0) is 178 Å². The number of anilines is 2. The van der Waals surface area contributed by atoms with Crippen molar-refractivity contribution in [2.24, 2.45) is 0 Å². The van der Waals surface area contributed by atoms with Crippen LogP contribution in [0.4, 0.5) is 11.4 Å². The minimum absolute atomic E-state index is 0.208. The van der Waals surface area contributed by atoms with E-state index in [-0.39, 0.29) is 11.1 Å². The number of nitrogens with zero attached hydrogens (tertiary/aromatic N) is 2. The molecule has 0 saturated carbocycles. The Morgan fingerprint density at radius 3 is 0.829 bits per heavy atom. The van der Waals surface area contributed by atoms with E-state index >= 15 is 0 Å². The van der Waals surface area contributed by atoms with Crippen LogP contribution in [0.5, 0.6) is 0 Å². The summed E-state index contributed by atoms with van der Waals surface area (Å²) in [5.74, 6) is 53.7. The molecule has 6 aromatic rings. The number of rotatable bonds is 10. The van der Waals surface area contributed by atoms with E-state index in [1.54, 1.807) is 27.7 Å². The van der Waals surface area contributed by atoms with E-state index in [9.17, 15) is 10.2 Å². The Hall–Kier alpha value is -9.72. The molecule has 404 valence electrons. The molecular weight excluding hydrogens is 997 g/mol. The van der Waals surface area contributed by atoms with Gasteiger partial charge in [0.15, 0.2) is 0 Å². The molecule has 2 N–H and O–H groups in total. The summed E-state index contributed by atoms with van der Waals surface area (Å²) in [6, 6.07) is 57.9. The van der Waals surface area contributed by atoms with Gasteiger partial charge < -0.3 is 20.0 Å². The summed E-state index contributed by atoms with van der Waals surface area (Å²) in [7, 11) is 0. The molecule has 82 heavy (non-hydrogen) atoms. The normalized spacial score (nSPS) is 11.7. The van der Waals surface area contributed by atoms with Crippen molar-refractivity contribution in [2.45, 2.75) is 118 Å². The van der Waals surface area contributed by atoms with Crippen molar-refractivity contribution in [1.29, 1.82) is 0 Å². The van der Waals surface area contributed by atoms with Gasteiger partial charge in [0.25, 0.3) is 0 Å². The number of benzene rings is 6. The Labute approximate surface area is 489 Å². The van der Waals surface area contributed by atoms with Gasteiger partial charge in [-0.15, -0.1) is 0 Å². The molecule has 0 saturated heterocycles. The number of hydrogen-bond acceptors (Lipinski definition) is 4. The van der Waals surface area contributed by atoms with Crippen LogP contribution in [-0.2, 0) is 0 Å². The summed E-state index contributed by atoms with van der Waals surface area (Å²) in [5, 5.41) is 21.9. The van der Waals surface area contributed by atoms with Crippen LogP contribution in [-0.4, -0.2) is 45.6 Å². The van der Waals surface area contributed by atoms with Crippen LogP contribution in [0.1, 0.15) is 116 Å². The molecule has 7 rings (SSSR count). The quantitative estimate of drug-likeness (QED) is 0.134. The van der Waals surface area contributed by atoms with Gasteiger partial charge in [0.05, 0.1) is 33.4 Å². The van der Waals surface area contributed by atoms with Crippen molar-refractivity contribution in [3.63, 3.8) is 0 Å². The monoisotopic (exact) mass is 1070 g/mol. The number of allylic oxidation sites excluding steroid dienone is 6. The van der Waals surface area contributed by atoms with Crippen molar-refractivity contribution in [2.75, 3.05) is 9.80 Å². The first-order valence-corrected chi connectivity index (χ1v) is 27.8. The predicted octanol–water partition coefficient (Wildman–Crippen LogP) is 14.5. The number of aliphatic hydroxyl groups is 2. The maximum absolute atomic E-state index is 10.9. The lowest BCUT2D eigenvalue weighted by atomic mass is 9.91. The lowest BCUT2D eigenvalue weighted by Gasteiger charge is -2.33. The Kier molecular flexibility index (Phi) is 20.4. The van der Waals surface area contributed by atoms with Crippen LogP contribution in [0.2, 0.25) is 0 Å². The van der Waals surface area contributed by atoms with Gasteiger partial charge in [0.2, 0.25) is 0 Å². The zero-order valence-corrected chi connectivity index (χ0v) is 49.3. The highest BCUT2D eigenvalue weighted by Crippen LogP contribution is 2.30. The topological polar surface area (TPSA) is 46.9 Å². The summed E-state index contributed by atoms with van der Waals surface area (Å²) >= 11 is 0. The van der Waals surface area contributed by atoms with Crippen LogP contribution >= 0.6 is 0 Å². The SMILES string of the molecule is CC(C)N(c1ccc(C#CC(C#Cc2ccc(N(C(C)C)C(C)C)cc2)=C2C#CC(=C(c3ccccc3)c3ccccc3)C#CC(=C(C#CC(C)(C)O)C#CC(C)(C)O)C#CC(=C(c3ccccc3)c3ccccc3)C#C2)cc1)C(C)C. The molecule has 4 nitrogen and oxygen atoms in total. The molecule has 1 aliphatic rings. The maximum Gasteiger partial charge on any atom is 0.120 e. The molecule has 0 unspecified atom stereocenters. The zero-order valence-electron chi connectivity index (χ0n) is 49.3. The molecule has 1 aliphatic carbocycles. The molecule has 0 bridgehead atoms. The van der Waals surface area contributed by atoms with Crippen molar-refractivity contribution >= 4 is 22.5 Å². The third-order valence-electron chi connectivity index (χ3n) is 12.7. The standard InChI is InChI=1S/C78H70N2O2/c1-57(2)79(58(3)4)73-49-35-61(36-50-73)33-39-63(40-34-62-37-51-74(52-38-62)80(59(5)6)60(7)8)64-41-45-71(75(67-25-17-13-18-26-67)68-27-19-14-20-28-68)47-43-65(66(53-55-77(9,10)81)54-56-78(11,12)82)44-48-72(46-42-64)76(69-29-21-15-22-30-69)70-31-23-16-24-32-70/h13-32,35-38,49-52,57-60,81-82H,1-12H3. The highest BCUT2D eigenvalue weighted by Gasteiger charge is 2.17. The molecule has 0 fully saturated rings. The zero-order chi connectivity index (χ0) is 58.8. The van der Waals surface area contributed by atoms with E-state index < -0.39 is 11.2 Å². The first-order valence-electron chi connectivity index (χ1n) is 27.8. The van der Waals surface area contributed by atoms with E-state index in [0.29, 0.717) is 46.5 Å². The summed E-state index contributed by atoms with van der Waals surface area (Å²) < 4.78 is 0. The average molecular weight is 1070 g/mol. The van der Waals surface area contributed by atoms with Gasteiger partial charge in [-0.25, -0.2) is 0 Å². The molecule has 0 atom stereocenters. The Balaban J connectivity index is 1.67. The van der Waals surface area contributed by atoms with Crippen molar-refractivity contribution < 1.29 is 10.2 Å². The Morgan fingerprint density at radius 1 is 0.341 bits per heavy atom. The second-order valence-corrected chi connectivity index (χ2v) is 21.9. The molecule has 0 amide bonds. The molecule has 0 radical (unpaired) electrons. The summed E-state index contributed by atoms with van der Waals surface area (Å²) in [4.78, 5) is 4.76. The Bertz CT molecular complexity index is 3570. The van der Waals surface area contributed by atoms with Gasteiger partial charge in [0, 0.05) is 57.8 Å². The second kappa shape index (κ2) is 27.9. The van der Waals surface area contributed by atoms with E-state index in [1.165, 1.54) is 0 Å². The van der Waals surface area contributed by atoms with Crippen LogP contribution in [0.15, 0.2) is 203 Å². The van der Waals surface area contributed by atoms with E-state index in [2.05, 4.69) is 184 Å². The maximum atomic E-state index is 10.9. The fourth-order valence-electron chi connectivity index (χ4n) is 9.29. The highest BCUT2D eigenvalue weighted by atomic mass is 16.3. The average Bonchev–Trinajstić information content (AvgIpc) is 3.63. The van der Waals surface area contributed by atoms with Gasteiger partial charge in [-0.1, -0.05) is 192 Å². The van der Waals surface area contributed by atoms with Crippen molar-refractivity contribution in [1.82, 2.24) is 0 Å². The molecule has 4 heteroatoms.